The van der Waals surface area contributed by atoms with Crippen LogP contribution in [0.15, 0.2) is 18.2 Å². The highest BCUT2D eigenvalue weighted by Crippen LogP contribution is 2.37. The predicted molar refractivity (Wildman–Crippen MR) is 90.3 cm³/mol. The average Bonchev–Trinajstić information content (AvgIpc) is 2.99. The zero-order valence-electron chi connectivity index (χ0n) is 14.5. The molecule has 124 valence electrons. The lowest BCUT2D eigenvalue weighted by Gasteiger charge is -2.32. The van der Waals surface area contributed by atoms with E-state index >= 15 is 0 Å². The second kappa shape index (κ2) is 5.53. The van der Waals surface area contributed by atoms with Crippen LogP contribution < -0.4 is 15.1 Å². The minimum absolute atomic E-state index is 0.151. The van der Waals surface area contributed by atoms with Crippen molar-refractivity contribution in [2.75, 3.05) is 18.6 Å². The van der Waals surface area contributed by atoms with Gasteiger partial charge in [-0.15, -0.1) is 0 Å². The molecule has 1 aromatic carbocycles. The zero-order valence-corrected chi connectivity index (χ0v) is 14.5. The third-order valence-corrected chi connectivity index (χ3v) is 5.06. The first-order valence-corrected chi connectivity index (χ1v) is 8.08. The average molecular weight is 317 g/mol. The summed E-state index contributed by atoms with van der Waals surface area (Å²) < 4.78 is 17.6. The molecule has 0 saturated carbocycles. The second-order valence-corrected chi connectivity index (χ2v) is 7.20. The van der Waals surface area contributed by atoms with Crippen LogP contribution in [0.25, 0.3) is 0 Å². The Hall–Kier alpha value is -1.53. The van der Waals surface area contributed by atoms with E-state index in [4.69, 9.17) is 14.0 Å². The zero-order chi connectivity index (χ0) is 16.8. The number of benzene rings is 1. The van der Waals surface area contributed by atoms with Gasteiger partial charge in [-0.1, -0.05) is 0 Å². The van der Waals surface area contributed by atoms with Crippen LogP contribution in [-0.4, -0.2) is 37.9 Å². The maximum atomic E-state index is 12.0. The van der Waals surface area contributed by atoms with E-state index in [1.807, 2.05) is 45.9 Å². The molecule has 5 nitrogen and oxygen atoms in total. The Morgan fingerprint density at radius 2 is 1.78 bits per heavy atom. The van der Waals surface area contributed by atoms with Gasteiger partial charge in [-0.25, -0.2) is 0 Å². The molecular formula is C17H24BNO4. The van der Waals surface area contributed by atoms with Crippen molar-refractivity contribution in [3.05, 3.63) is 18.2 Å². The van der Waals surface area contributed by atoms with E-state index in [0.29, 0.717) is 12.2 Å². The van der Waals surface area contributed by atoms with Crippen molar-refractivity contribution in [3.8, 4) is 5.75 Å². The number of nitrogens with zero attached hydrogens (tertiary/aromatic N) is 1. The summed E-state index contributed by atoms with van der Waals surface area (Å²) in [5, 5.41) is 0. The van der Waals surface area contributed by atoms with E-state index in [2.05, 4.69) is 0 Å². The van der Waals surface area contributed by atoms with Crippen LogP contribution in [0.3, 0.4) is 0 Å². The summed E-state index contributed by atoms with van der Waals surface area (Å²) in [6.07, 6.45) is 1.49. The lowest BCUT2D eigenvalue weighted by Crippen LogP contribution is -2.41. The predicted octanol–water partition coefficient (Wildman–Crippen LogP) is 2.12. The monoisotopic (exact) mass is 317 g/mol. The second-order valence-electron chi connectivity index (χ2n) is 7.20. The van der Waals surface area contributed by atoms with Gasteiger partial charge in [-0.2, -0.15) is 0 Å². The number of hydrogen-bond acceptors (Lipinski definition) is 4. The van der Waals surface area contributed by atoms with Crippen LogP contribution in [0, 0.1) is 0 Å². The molecule has 2 heterocycles. The van der Waals surface area contributed by atoms with Crippen molar-refractivity contribution in [1.29, 1.82) is 0 Å². The normalized spacial score (nSPS) is 22.7. The minimum atomic E-state index is -0.466. The van der Waals surface area contributed by atoms with Gasteiger partial charge in [0.25, 0.3) is 0 Å². The van der Waals surface area contributed by atoms with Gasteiger partial charge in [0.05, 0.1) is 18.3 Å². The van der Waals surface area contributed by atoms with Gasteiger partial charge in [0, 0.05) is 24.7 Å². The van der Waals surface area contributed by atoms with Crippen molar-refractivity contribution in [3.63, 3.8) is 0 Å². The number of rotatable bonds is 3. The third kappa shape index (κ3) is 2.86. The van der Waals surface area contributed by atoms with Crippen molar-refractivity contribution in [2.24, 2.45) is 0 Å². The molecule has 0 aliphatic carbocycles. The Balaban J connectivity index is 1.95. The van der Waals surface area contributed by atoms with Crippen molar-refractivity contribution in [1.82, 2.24) is 0 Å². The Kier molecular flexibility index (Phi) is 3.93. The SMILES string of the molecule is COc1cc(B2OC(C)(C)C(C)(C)O2)cc(N2CCCC2=O)c1. The Bertz CT molecular complexity index is 613. The molecule has 2 aliphatic rings. The smallest absolute Gasteiger partial charge is 0.495 e. The molecule has 0 unspecified atom stereocenters. The quantitative estimate of drug-likeness (QED) is 0.801. The number of ether oxygens (including phenoxy) is 1. The first-order chi connectivity index (χ1) is 10.7. The highest BCUT2D eigenvalue weighted by molar-refractivity contribution is 6.62. The van der Waals surface area contributed by atoms with Gasteiger partial charge in [-0.05, 0) is 51.7 Å². The van der Waals surface area contributed by atoms with Crippen LogP contribution in [0.4, 0.5) is 5.69 Å². The number of carbonyl (C=O) groups excluding carboxylic acids is 1. The molecule has 6 heteroatoms. The summed E-state index contributed by atoms with van der Waals surface area (Å²) in [5.74, 6) is 0.852. The van der Waals surface area contributed by atoms with Gasteiger partial charge >= 0.3 is 7.12 Å². The molecule has 23 heavy (non-hydrogen) atoms. The molecule has 0 N–H and O–H groups in total. The maximum absolute atomic E-state index is 12.0. The summed E-state index contributed by atoms with van der Waals surface area (Å²) >= 11 is 0. The standard InChI is InChI=1S/C17H24BNO4/c1-16(2)17(3,4)23-18(22-16)12-9-13(11-14(10-12)21-5)19-8-6-7-15(19)20/h9-11H,6-8H2,1-5H3. The molecule has 0 spiro atoms. The van der Waals surface area contributed by atoms with Crippen LogP contribution in [0.1, 0.15) is 40.5 Å². The Morgan fingerprint density at radius 3 is 2.30 bits per heavy atom. The van der Waals surface area contributed by atoms with Crippen molar-refractivity contribution < 1.29 is 18.8 Å². The van der Waals surface area contributed by atoms with Gasteiger partial charge in [0.15, 0.2) is 0 Å². The molecular weight excluding hydrogens is 293 g/mol. The molecule has 2 aliphatic heterocycles. The molecule has 2 fully saturated rings. The summed E-state index contributed by atoms with van der Waals surface area (Å²) in [6.45, 7) is 8.85. The maximum Gasteiger partial charge on any atom is 0.495 e. The third-order valence-electron chi connectivity index (χ3n) is 5.06. The molecule has 2 saturated heterocycles. The topological polar surface area (TPSA) is 48.0 Å². The summed E-state index contributed by atoms with van der Waals surface area (Å²) in [7, 11) is 1.16. The fourth-order valence-corrected chi connectivity index (χ4v) is 2.92. The van der Waals surface area contributed by atoms with E-state index < -0.39 is 18.3 Å². The van der Waals surface area contributed by atoms with E-state index in [1.54, 1.807) is 12.0 Å². The summed E-state index contributed by atoms with van der Waals surface area (Å²) in [4.78, 5) is 13.8. The van der Waals surface area contributed by atoms with Crippen molar-refractivity contribution in [2.45, 2.75) is 51.7 Å². The highest BCUT2D eigenvalue weighted by Gasteiger charge is 2.51. The molecule has 0 atom stereocenters. The molecule has 0 aromatic heterocycles. The number of hydrogen-bond donors (Lipinski definition) is 0. The lowest BCUT2D eigenvalue weighted by atomic mass is 9.78. The van der Waals surface area contributed by atoms with E-state index in [9.17, 15) is 4.79 Å². The first kappa shape index (κ1) is 16.3. The Morgan fingerprint density at radius 1 is 1.13 bits per heavy atom. The fourth-order valence-electron chi connectivity index (χ4n) is 2.92. The molecule has 1 aromatic rings. The van der Waals surface area contributed by atoms with Gasteiger partial charge in [-0.3, -0.25) is 4.79 Å². The minimum Gasteiger partial charge on any atom is -0.497 e. The van der Waals surface area contributed by atoms with Crippen LogP contribution in [-0.2, 0) is 14.1 Å². The largest absolute Gasteiger partial charge is 0.497 e. The van der Waals surface area contributed by atoms with Crippen LogP contribution in [0.5, 0.6) is 5.75 Å². The van der Waals surface area contributed by atoms with E-state index in [1.165, 1.54) is 0 Å². The number of amides is 1. The number of anilines is 1. The number of methoxy groups -OCH3 is 1. The van der Waals surface area contributed by atoms with Crippen LogP contribution >= 0.6 is 0 Å². The lowest BCUT2D eigenvalue weighted by molar-refractivity contribution is -0.117. The van der Waals surface area contributed by atoms with E-state index in [-0.39, 0.29) is 5.91 Å². The van der Waals surface area contributed by atoms with Gasteiger partial charge in [0.2, 0.25) is 5.91 Å². The fraction of sp³-hybridized carbons (Fsp3) is 0.588. The molecule has 1 amide bonds. The first-order valence-electron chi connectivity index (χ1n) is 8.08. The molecule has 3 rings (SSSR count). The molecule has 0 radical (unpaired) electrons. The Labute approximate surface area is 138 Å². The molecule has 0 bridgehead atoms. The van der Waals surface area contributed by atoms with E-state index in [0.717, 1.165) is 24.1 Å². The van der Waals surface area contributed by atoms with Crippen molar-refractivity contribution >= 4 is 24.2 Å². The number of carbonyl (C=O) groups is 1. The summed E-state index contributed by atoms with van der Waals surface area (Å²) in [6, 6.07) is 5.76. The van der Waals surface area contributed by atoms with Gasteiger partial charge in [0.1, 0.15) is 5.75 Å². The summed E-state index contributed by atoms with van der Waals surface area (Å²) in [5.41, 5.74) is 0.920. The van der Waals surface area contributed by atoms with Crippen LogP contribution in [0.2, 0.25) is 0 Å². The highest BCUT2D eigenvalue weighted by atomic mass is 16.7. The van der Waals surface area contributed by atoms with Gasteiger partial charge < -0.3 is 18.9 Å².